The number of hydrogen-bond donors (Lipinski definition) is 2. The molecule has 49 heavy (non-hydrogen) atoms. The number of allylic oxidation sites excluding steroid dienone is 2. The number of imide groups is 2. The van der Waals surface area contributed by atoms with E-state index in [9.17, 15) is 38.6 Å². The number of nitrogens with zero attached hydrogens (tertiary/aromatic N) is 2. The number of halogens is 3. The van der Waals surface area contributed by atoms with E-state index in [1.165, 1.54) is 36.4 Å². The third kappa shape index (κ3) is 4.13. The van der Waals surface area contributed by atoms with Gasteiger partial charge in [-0.05, 0) is 66.6 Å². The van der Waals surface area contributed by atoms with Crippen LogP contribution in [0.15, 0.2) is 96.6 Å². The number of carbonyl (C=O) groups excluding carboxylic acids is 4. The topological polar surface area (TPSA) is 132 Å². The van der Waals surface area contributed by atoms with Crippen LogP contribution >= 0.6 is 23.2 Å². The maximum absolute atomic E-state index is 14.6. The number of aromatic carboxylic acids is 1. The van der Waals surface area contributed by atoms with Gasteiger partial charge in [-0.3, -0.25) is 24.1 Å². The van der Waals surface area contributed by atoms with Crippen LogP contribution in [0.5, 0.6) is 5.75 Å². The number of benzene rings is 4. The van der Waals surface area contributed by atoms with Crippen molar-refractivity contribution in [1.82, 2.24) is 0 Å². The van der Waals surface area contributed by atoms with Crippen LogP contribution in [0.1, 0.15) is 34.7 Å². The van der Waals surface area contributed by atoms with Crippen LogP contribution < -0.4 is 9.80 Å². The Morgan fingerprint density at radius 2 is 1.55 bits per heavy atom. The Hall–Kier alpha value is -5.06. The number of carbonyl (C=O) groups is 5. The summed E-state index contributed by atoms with van der Waals surface area (Å²) in [7, 11) is 0. The number of amides is 4. The van der Waals surface area contributed by atoms with Crippen molar-refractivity contribution in [2.75, 3.05) is 9.80 Å². The number of alkyl halides is 2. The fraction of sp³-hybridized carbons (Fsp3) is 0.216. The molecule has 0 bridgehead atoms. The van der Waals surface area contributed by atoms with Gasteiger partial charge in [-0.1, -0.05) is 54.1 Å². The van der Waals surface area contributed by atoms with Crippen molar-refractivity contribution in [1.29, 1.82) is 0 Å². The standard InChI is InChI=1S/C37H25Cl2FN2O7/c38-36-17-27-24(14-15-25-28(27)32(45)41(31(25)44)22-6-3-5-19(16-22)33(46)47)29(26-13-8-18-4-1-2-7-23(18)30(26)43)37(36,39)35(49)42(34(36)48)21-11-9-20(40)10-12-21/h1-14,16,25,27-29,43H,15,17H2,(H,46,47). The van der Waals surface area contributed by atoms with E-state index >= 15 is 0 Å². The highest BCUT2D eigenvalue weighted by atomic mass is 35.5. The number of fused-ring (bicyclic) bond motifs is 5. The van der Waals surface area contributed by atoms with Crippen LogP contribution in [-0.4, -0.2) is 49.6 Å². The summed E-state index contributed by atoms with van der Waals surface area (Å²) < 4.78 is 13.9. The molecule has 4 amide bonds. The van der Waals surface area contributed by atoms with Gasteiger partial charge in [-0.25, -0.2) is 14.1 Å². The van der Waals surface area contributed by atoms with E-state index in [0.29, 0.717) is 16.3 Å². The number of phenolic OH excluding ortho intramolecular Hbond substituents is 1. The molecule has 2 aliphatic heterocycles. The lowest BCUT2D eigenvalue weighted by molar-refractivity contribution is -0.125. The predicted molar refractivity (Wildman–Crippen MR) is 178 cm³/mol. The van der Waals surface area contributed by atoms with Crippen molar-refractivity contribution < 1.29 is 38.6 Å². The number of aromatic hydroxyl groups is 1. The molecule has 0 radical (unpaired) electrons. The lowest BCUT2D eigenvalue weighted by atomic mass is 9.56. The average Bonchev–Trinajstić information content (AvgIpc) is 3.43. The van der Waals surface area contributed by atoms with Crippen molar-refractivity contribution in [3.8, 4) is 5.75 Å². The normalized spacial score (nSPS) is 29.2. The summed E-state index contributed by atoms with van der Waals surface area (Å²) in [4.78, 5) is 66.3. The first-order valence-electron chi connectivity index (χ1n) is 15.5. The molecule has 12 heteroatoms. The summed E-state index contributed by atoms with van der Waals surface area (Å²) in [5.74, 6) is -8.93. The van der Waals surface area contributed by atoms with Gasteiger partial charge in [0.15, 0.2) is 9.75 Å². The van der Waals surface area contributed by atoms with Gasteiger partial charge >= 0.3 is 5.97 Å². The van der Waals surface area contributed by atoms with Crippen LogP contribution in [-0.2, 0) is 19.2 Å². The number of carboxylic acids is 1. The fourth-order valence-electron chi connectivity index (χ4n) is 8.28. The molecule has 4 aliphatic rings. The number of carboxylic acid groups (broad SMARTS) is 1. The zero-order valence-corrected chi connectivity index (χ0v) is 26.9. The quantitative estimate of drug-likeness (QED) is 0.148. The molecule has 0 spiro atoms. The first-order chi connectivity index (χ1) is 23.4. The van der Waals surface area contributed by atoms with Crippen molar-refractivity contribution in [2.24, 2.45) is 17.8 Å². The van der Waals surface area contributed by atoms with Gasteiger partial charge in [-0.15, -0.1) is 23.2 Å². The van der Waals surface area contributed by atoms with Crippen molar-refractivity contribution >= 4 is 74.9 Å². The monoisotopic (exact) mass is 698 g/mol. The fourth-order valence-corrected chi connectivity index (χ4v) is 9.21. The Labute approximate surface area is 288 Å². The number of hydrogen-bond acceptors (Lipinski definition) is 6. The minimum atomic E-state index is -2.21. The molecule has 1 saturated carbocycles. The molecule has 246 valence electrons. The molecule has 6 unspecified atom stereocenters. The van der Waals surface area contributed by atoms with Crippen LogP contribution in [0.25, 0.3) is 10.8 Å². The molecule has 4 aromatic carbocycles. The van der Waals surface area contributed by atoms with E-state index in [2.05, 4.69) is 0 Å². The lowest BCUT2D eigenvalue weighted by Gasteiger charge is -2.50. The van der Waals surface area contributed by atoms with E-state index in [1.807, 2.05) is 0 Å². The highest BCUT2D eigenvalue weighted by Gasteiger charge is 2.77. The first-order valence-corrected chi connectivity index (χ1v) is 16.3. The minimum absolute atomic E-state index is 0.0405. The molecule has 0 aromatic heterocycles. The molecule has 2 aliphatic carbocycles. The molecular weight excluding hydrogens is 674 g/mol. The summed E-state index contributed by atoms with van der Waals surface area (Å²) in [5, 5.41) is 22.5. The average molecular weight is 700 g/mol. The minimum Gasteiger partial charge on any atom is -0.507 e. The molecule has 3 fully saturated rings. The molecule has 9 nitrogen and oxygen atoms in total. The summed E-state index contributed by atoms with van der Waals surface area (Å²) in [6.45, 7) is 0. The SMILES string of the molecule is O=C(O)c1cccc(N2C(=O)C3CC=C4C(CC5(Cl)C(=O)N(c6ccc(F)cc6)C(=O)C5(Cl)C4c4ccc5ccccc5c4O)C3C2=O)c1. The first kappa shape index (κ1) is 31.2. The second kappa shape index (κ2) is 10.7. The van der Waals surface area contributed by atoms with Crippen LogP contribution in [0.2, 0.25) is 0 Å². The number of rotatable bonds is 4. The Morgan fingerprint density at radius 1 is 0.816 bits per heavy atom. The lowest BCUT2D eigenvalue weighted by Crippen LogP contribution is -2.60. The molecule has 4 aromatic rings. The predicted octanol–water partition coefficient (Wildman–Crippen LogP) is 6.15. The highest BCUT2D eigenvalue weighted by molar-refractivity contribution is 6.58. The summed E-state index contributed by atoms with van der Waals surface area (Å²) in [6.07, 6.45) is 1.51. The molecular formula is C37H25Cl2FN2O7. The van der Waals surface area contributed by atoms with E-state index in [1.54, 1.807) is 42.5 Å². The maximum atomic E-state index is 14.6. The third-order valence-electron chi connectivity index (χ3n) is 10.5. The van der Waals surface area contributed by atoms with Gasteiger partial charge in [0.2, 0.25) is 11.8 Å². The Morgan fingerprint density at radius 3 is 2.29 bits per heavy atom. The van der Waals surface area contributed by atoms with E-state index < -0.39 is 68.8 Å². The second-order valence-corrected chi connectivity index (χ2v) is 14.1. The van der Waals surface area contributed by atoms with E-state index in [-0.39, 0.29) is 41.1 Å². The van der Waals surface area contributed by atoms with Gasteiger partial charge in [0, 0.05) is 16.9 Å². The smallest absolute Gasteiger partial charge is 0.335 e. The zero-order chi connectivity index (χ0) is 34.6. The van der Waals surface area contributed by atoms with Gasteiger partial charge in [0.05, 0.1) is 28.8 Å². The van der Waals surface area contributed by atoms with Crippen LogP contribution in [0.3, 0.4) is 0 Å². The van der Waals surface area contributed by atoms with E-state index in [4.69, 9.17) is 23.2 Å². The highest BCUT2D eigenvalue weighted by Crippen LogP contribution is 2.66. The van der Waals surface area contributed by atoms with Crippen molar-refractivity contribution in [3.63, 3.8) is 0 Å². The zero-order valence-electron chi connectivity index (χ0n) is 25.3. The Kier molecular flexibility index (Phi) is 6.83. The molecule has 6 atom stereocenters. The van der Waals surface area contributed by atoms with Crippen LogP contribution in [0.4, 0.5) is 15.8 Å². The molecule has 2 saturated heterocycles. The molecule has 2 N–H and O–H groups in total. The molecule has 2 heterocycles. The number of phenols is 1. The third-order valence-corrected chi connectivity index (χ3v) is 11.9. The van der Waals surface area contributed by atoms with Gasteiger partial charge in [0.1, 0.15) is 11.6 Å². The second-order valence-electron chi connectivity index (χ2n) is 12.8. The maximum Gasteiger partial charge on any atom is 0.335 e. The van der Waals surface area contributed by atoms with Crippen molar-refractivity contribution in [2.45, 2.75) is 28.5 Å². The molecule has 8 rings (SSSR count). The van der Waals surface area contributed by atoms with E-state index in [0.717, 1.165) is 21.9 Å². The summed E-state index contributed by atoms with van der Waals surface area (Å²) >= 11 is 14.8. The Bertz CT molecular complexity index is 2210. The van der Waals surface area contributed by atoms with Crippen molar-refractivity contribution in [3.05, 3.63) is 114 Å². The summed E-state index contributed by atoms with van der Waals surface area (Å²) in [6, 6.07) is 20.6. The van der Waals surface area contributed by atoms with Gasteiger partial charge < -0.3 is 10.2 Å². The van der Waals surface area contributed by atoms with Gasteiger partial charge in [0.25, 0.3) is 11.8 Å². The largest absolute Gasteiger partial charge is 0.507 e. The summed E-state index contributed by atoms with van der Waals surface area (Å²) in [5.41, 5.74) is 0.699. The Balaban J connectivity index is 1.31. The van der Waals surface area contributed by atoms with Gasteiger partial charge in [-0.2, -0.15) is 0 Å². The number of anilines is 2. The van der Waals surface area contributed by atoms with Crippen LogP contribution in [0, 0.1) is 23.6 Å².